The number of halogens is 1. The van der Waals surface area contributed by atoms with Crippen LogP contribution >= 0.6 is 11.6 Å². The van der Waals surface area contributed by atoms with Crippen molar-refractivity contribution in [2.75, 3.05) is 13.7 Å². The van der Waals surface area contributed by atoms with E-state index in [9.17, 15) is 9.59 Å². The molecule has 0 fully saturated rings. The average Bonchev–Trinajstić information content (AvgIpc) is 3.09. The van der Waals surface area contributed by atoms with Crippen molar-refractivity contribution in [3.63, 3.8) is 0 Å². The zero-order valence-corrected chi connectivity index (χ0v) is 22.2. The fourth-order valence-corrected chi connectivity index (χ4v) is 4.49. The van der Waals surface area contributed by atoms with Crippen molar-refractivity contribution in [2.45, 2.75) is 65.2 Å². The molecule has 2 aromatic rings. The van der Waals surface area contributed by atoms with Gasteiger partial charge in [0.15, 0.2) is 0 Å². The Morgan fingerprint density at radius 3 is 2.69 bits per heavy atom. The highest BCUT2D eigenvalue weighted by molar-refractivity contribution is 6.22. The molecule has 0 radical (unpaired) electrons. The third kappa shape index (κ3) is 6.88. The molecule has 2 unspecified atom stereocenters. The van der Waals surface area contributed by atoms with Gasteiger partial charge in [-0.15, -0.1) is 11.6 Å². The number of methoxy groups -OCH3 is 1. The van der Waals surface area contributed by atoms with Crippen LogP contribution in [0, 0.1) is 12.8 Å². The summed E-state index contributed by atoms with van der Waals surface area (Å²) in [4.78, 5) is 26.2. The van der Waals surface area contributed by atoms with Crippen molar-refractivity contribution in [3.8, 4) is 5.75 Å². The lowest BCUT2D eigenvalue weighted by molar-refractivity contribution is -0.143. The van der Waals surface area contributed by atoms with Gasteiger partial charge in [0, 0.05) is 16.7 Å². The minimum atomic E-state index is -0.291. The molecule has 1 aliphatic rings. The van der Waals surface area contributed by atoms with Crippen LogP contribution in [0.15, 0.2) is 53.6 Å². The number of hydrogen-bond acceptors (Lipinski definition) is 4. The van der Waals surface area contributed by atoms with Crippen molar-refractivity contribution >= 4 is 34.4 Å². The quantitative estimate of drug-likeness (QED) is 0.202. The van der Waals surface area contributed by atoms with E-state index in [-0.39, 0.29) is 23.7 Å². The third-order valence-electron chi connectivity index (χ3n) is 6.45. The molecule has 0 saturated carbocycles. The first-order chi connectivity index (χ1) is 16.7. The summed E-state index contributed by atoms with van der Waals surface area (Å²) in [5.74, 6) is 0.722. The number of rotatable bonds is 10. The number of carbonyl (C=O) groups excluding carboxylic acids is 2. The number of esters is 1. The van der Waals surface area contributed by atoms with Gasteiger partial charge in [0.05, 0.1) is 31.0 Å². The fraction of sp³-hybridized carbons (Fsp3) is 0.448. The van der Waals surface area contributed by atoms with E-state index in [2.05, 4.69) is 26.8 Å². The third-order valence-corrected chi connectivity index (χ3v) is 6.77. The second-order valence-electron chi connectivity index (χ2n) is 9.51. The van der Waals surface area contributed by atoms with Crippen LogP contribution < -0.4 is 4.74 Å². The van der Waals surface area contributed by atoms with Crippen LogP contribution in [-0.2, 0) is 16.0 Å². The number of hydrogen-bond donors (Lipinski definition) is 0. The summed E-state index contributed by atoms with van der Waals surface area (Å²) in [6.07, 6.45) is 11.4. The Bertz CT molecular complexity index is 1170. The largest absolute Gasteiger partial charge is 0.497 e. The number of fused-ring (bicyclic) bond motifs is 1. The van der Waals surface area contributed by atoms with Crippen molar-refractivity contribution in [3.05, 3.63) is 64.9 Å². The van der Waals surface area contributed by atoms with Gasteiger partial charge in [-0.1, -0.05) is 36.8 Å². The molecule has 0 amide bonds. The summed E-state index contributed by atoms with van der Waals surface area (Å²) in [5.41, 5.74) is 4.17. The Kier molecular flexibility index (Phi) is 9.39. The van der Waals surface area contributed by atoms with Crippen molar-refractivity contribution in [1.82, 2.24) is 4.57 Å². The van der Waals surface area contributed by atoms with E-state index in [1.54, 1.807) is 17.8 Å². The van der Waals surface area contributed by atoms with Crippen LogP contribution in [-0.4, -0.2) is 35.5 Å². The number of allylic oxidation sites excluding steroid dienone is 6. The topological polar surface area (TPSA) is 57.5 Å². The predicted octanol–water partition coefficient (Wildman–Crippen LogP) is 6.95. The molecule has 5 nitrogen and oxygen atoms in total. The number of ether oxygens (including phenoxy) is 2. The maximum Gasteiger partial charge on any atom is 0.310 e. The number of carbonyl (C=O) groups is 2. The van der Waals surface area contributed by atoms with E-state index in [1.807, 2.05) is 37.3 Å². The number of nitrogens with zero attached hydrogens (tertiary/aromatic N) is 1. The predicted molar refractivity (Wildman–Crippen MR) is 142 cm³/mol. The zero-order valence-electron chi connectivity index (χ0n) is 21.4. The van der Waals surface area contributed by atoms with Crippen LogP contribution in [0.3, 0.4) is 0 Å². The molecule has 2 atom stereocenters. The highest BCUT2D eigenvalue weighted by Gasteiger charge is 2.23. The monoisotopic (exact) mass is 497 g/mol. The van der Waals surface area contributed by atoms with E-state index in [0.29, 0.717) is 30.3 Å². The van der Waals surface area contributed by atoms with Crippen molar-refractivity contribution in [2.24, 2.45) is 5.92 Å². The van der Waals surface area contributed by atoms with Gasteiger partial charge >= 0.3 is 5.97 Å². The van der Waals surface area contributed by atoms with Gasteiger partial charge in [0.1, 0.15) is 5.75 Å². The lowest BCUT2D eigenvalue weighted by Crippen LogP contribution is -2.17. The maximum absolute atomic E-state index is 13.4. The summed E-state index contributed by atoms with van der Waals surface area (Å²) < 4.78 is 12.7. The zero-order chi connectivity index (χ0) is 25.5. The molecule has 1 aliphatic carbocycles. The van der Waals surface area contributed by atoms with Crippen LogP contribution in [0.25, 0.3) is 10.9 Å². The van der Waals surface area contributed by atoms with E-state index < -0.39 is 0 Å². The molecule has 0 bridgehead atoms. The Morgan fingerprint density at radius 2 is 2.03 bits per heavy atom. The van der Waals surface area contributed by atoms with Gasteiger partial charge in [-0.25, -0.2) is 0 Å². The van der Waals surface area contributed by atoms with Gasteiger partial charge in [-0.3, -0.25) is 14.2 Å². The van der Waals surface area contributed by atoms with E-state index in [4.69, 9.17) is 21.1 Å². The van der Waals surface area contributed by atoms with Crippen LogP contribution in [0.5, 0.6) is 5.75 Å². The molecule has 0 spiro atoms. The Morgan fingerprint density at radius 1 is 1.26 bits per heavy atom. The average molecular weight is 498 g/mol. The first-order valence-corrected chi connectivity index (χ1v) is 12.7. The minimum Gasteiger partial charge on any atom is -0.497 e. The normalized spacial score (nSPS) is 16.1. The van der Waals surface area contributed by atoms with E-state index in [0.717, 1.165) is 41.4 Å². The molecule has 1 aromatic carbocycles. The number of aromatic nitrogens is 1. The van der Waals surface area contributed by atoms with Crippen LogP contribution in [0.1, 0.15) is 62.5 Å². The van der Waals surface area contributed by atoms with E-state index >= 15 is 0 Å². The lowest BCUT2D eigenvalue weighted by Gasteiger charge is -2.13. The first-order valence-electron chi connectivity index (χ1n) is 12.2. The fourth-order valence-electron chi connectivity index (χ4n) is 4.33. The molecule has 0 aliphatic heterocycles. The van der Waals surface area contributed by atoms with Gasteiger partial charge < -0.3 is 9.47 Å². The van der Waals surface area contributed by atoms with Crippen LogP contribution in [0.2, 0.25) is 0 Å². The Labute approximate surface area is 213 Å². The second-order valence-corrected chi connectivity index (χ2v) is 10.1. The molecule has 0 saturated heterocycles. The molecule has 188 valence electrons. The Balaban J connectivity index is 1.77. The molecule has 35 heavy (non-hydrogen) atoms. The molecule has 6 heteroatoms. The summed E-state index contributed by atoms with van der Waals surface area (Å²) in [7, 11) is 1.60. The van der Waals surface area contributed by atoms with Crippen LogP contribution in [0.4, 0.5) is 0 Å². The Hall–Kier alpha value is -2.79. The smallest absolute Gasteiger partial charge is 0.310 e. The summed E-state index contributed by atoms with van der Waals surface area (Å²) >= 11 is 6.13. The SMILES string of the molecule is COc1ccc2c(c1)c(CC(=O)OCCC(C)CCC=C(C)C)c(C)n2C(=O)C1=CCC(Cl)C=C1. The van der Waals surface area contributed by atoms with Gasteiger partial charge in [0.25, 0.3) is 5.91 Å². The minimum absolute atomic E-state index is 0.0978. The molecule has 3 rings (SSSR count). The van der Waals surface area contributed by atoms with Crippen molar-refractivity contribution < 1.29 is 19.1 Å². The first kappa shape index (κ1) is 26.8. The molecule has 1 heterocycles. The number of benzene rings is 1. The summed E-state index contributed by atoms with van der Waals surface area (Å²) in [6, 6.07) is 5.56. The molecular weight excluding hydrogens is 462 g/mol. The van der Waals surface area contributed by atoms with Gasteiger partial charge in [-0.2, -0.15) is 0 Å². The summed E-state index contributed by atoms with van der Waals surface area (Å²) in [6.45, 7) is 8.66. The van der Waals surface area contributed by atoms with E-state index in [1.165, 1.54) is 5.57 Å². The number of alkyl halides is 1. The summed E-state index contributed by atoms with van der Waals surface area (Å²) in [5, 5.41) is 0.719. The molecule has 1 aromatic heterocycles. The lowest BCUT2D eigenvalue weighted by atomic mass is 10.0. The standard InChI is InChI=1S/C29H36ClNO4/c1-19(2)7-6-8-20(3)15-16-35-28(32)18-25-21(4)31(27-14-13-24(34-5)17-26(25)27)29(33)22-9-11-23(30)12-10-22/h7,9-11,13-14,17,20,23H,6,8,12,15-16,18H2,1-5H3. The molecule has 0 N–H and O–H groups in total. The van der Waals surface area contributed by atoms with Gasteiger partial charge in [-0.05, 0) is 76.1 Å². The van der Waals surface area contributed by atoms with Gasteiger partial charge in [0.2, 0.25) is 0 Å². The van der Waals surface area contributed by atoms with Crippen molar-refractivity contribution in [1.29, 1.82) is 0 Å². The highest BCUT2D eigenvalue weighted by Crippen LogP contribution is 2.31. The second kappa shape index (κ2) is 12.3. The maximum atomic E-state index is 13.4. The molecular formula is C29H36ClNO4. The highest BCUT2D eigenvalue weighted by atomic mass is 35.5.